The van der Waals surface area contributed by atoms with E-state index in [1.54, 1.807) is 50.6 Å². The summed E-state index contributed by atoms with van der Waals surface area (Å²) in [6.45, 7) is 0. The molecule has 0 bridgehead atoms. The number of ether oxygens (including phenoxy) is 2. The summed E-state index contributed by atoms with van der Waals surface area (Å²) in [6, 6.07) is 20.7. The molecular formula is C22H18N4O2. The zero-order chi connectivity index (χ0) is 20.3. The molecule has 2 N–H and O–H groups in total. The topological polar surface area (TPSA) is 116 Å². The van der Waals surface area contributed by atoms with Crippen molar-refractivity contribution in [3.63, 3.8) is 0 Å². The molecule has 0 amide bonds. The number of nitrogens with zero attached hydrogens (tertiary/aromatic N) is 3. The lowest BCUT2D eigenvalue weighted by Gasteiger charge is -2.28. The van der Waals surface area contributed by atoms with Crippen molar-refractivity contribution in [1.82, 2.24) is 0 Å². The molecule has 28 heavy (non-hydrogen) atoms. The molecule has 2 atom stereocenters. The number of methoxy groups -OCH3 is 2. The minimum absolute atomic E-state index is 0.0154. The maximum absolute atomic E-state index is 9.94. The maximum Gasteiger partial charge on any atom is 0.191 e. The third-order valence-electron chi connectivity index (χ3n) is 5.25. The molecule has 0 unspecified atom stereocenters. The fourth-order valence-corrected chi connectivity index (χ4v) is 3.80. The predicted molar refractivity (Wildman–Crippen MR) is 102 cm³/mol. The van der Waals surface area contributed by atoms with Crippen LogP contribution < -0.4 is 15.2 Å². The largest absolute Gasteiger partial charge is 0.497 e. The number of allylic oxidation sites excluding steroid dienone is 2. The highest BCUT2D eigenvalue weighted by Gasteiger charge is 2.56. The summed E-state index contributed by atoms with van der Waals surface area (Å²) in [4.78, 5) is 0. The average molecular weight is 370 g/mol. The first-order chi connectivity index (χ1) is 13.6. The van der Waals surface area contributed by atoms with Gasteiger partial charge in [-0.1, -0.05) is 24.3 Å². The molecule has 1 aliphatic rings. The van der Waals surface area contributed by atoms with Crippen LogP contribution in [0.4, 0.5) is 0 Å². The standard InChI is InChI=1S/C22H18N4O2/c1-27-16-7-3-14(4-8-16)19-18(11-23)21(26)22(12-24,13-25)20(19)15-5-9-17(28-2)10-6-15/h3-10,19-20H,26H2,1-2H3/t19-,20+/m0/s1. The van der Waals surface area contributed by atoms with Gasteiger partial charge in [0.1, 0.15) is 11.5 Å². The van der Waals surface area contributed by atoms with Crippen molar-refractivity contribution in [3.8, 4) is 29.7 Å². The van der Waals surface area contributed by atoms with Crippen LogP contribution in [0.5, 0.6) is 11.5 Å². The molecule has 1 aliphatic carbocycles. The second kappa shape index (κ2) is 7.35. The van der Waals surface area contributed by atoms with Gasteiger partial charge in [-0.25, -0.2) is 0 Å². The molecule has 0 saturated carbocycles. The van der Waals surface area contributed by atoms with Crippen LogP contribution in [0.2, 0.25) is 0 Å². The molecule has 0 saturated heterocycles. The summed E-state index contributed by atoms with van der Waals surface area (Å²) < 4.78 is 10.4. The lowest BCUT2D eigenvalue weighted by molar-refractivity contribution is 0.413. The number of rotatable bonds is 4. The Hall–Kier alpha value is -3.95. The van der Waals surface area contributed by atoms with Crippen LogP contribution in [0.3, 0.4) is 0 Å². The lowest BCUT2D eigenvalue weighted by atomic mass is 9.69. The Balaban J connectivity index is 2.24. The van der Waals surface area contributed by atoms with Crippen molar-refractivity contribution >= 4 is 0 Å². The van der Waals surface area contributed by atoms with Crippen LogP contribution in [0, 0.1) is 39.4 Å². The minimum Gasteiger partial charge on any atom is -0.497 e. The second-order valence-electron chi connectivity index (χ2n) is 6.47. The molecule has 2 aromatic rings. The minimum atomic E-state index is -1.63. The van der Waals surface area contributed by atoms with E-state index in [0.29, 0.717) is 11.5 Å². The molecule has 0 heterocycles. The van der Waals surface area contributed by atoms with Gasteiger partial charge in [0.25, 0.3) is 0 Å². The highest BCUT2D eigenvalue weighted by Crippen LogP contribution is 2.57. The second-order valence-corrected chi connectivity index (χ2v) is 6.47. The van der Waals surface area contributed by atoms with E-state index in [-0.39, 0.29) is 11.3 Å². The summed E-state index contributed by atoms with van der Waals surface area (Å²) >= 11 is 0. The number of hydrogen-bond donors (Lipinski definition) is 1. The fourth-order valence-electron chi connectivity index (χ4n) is 3.80. The van der Waals surface area contributed by atoms with Crippen LogP contribution in [0.15, 0.2) is 59.8 Å². The first-order valence-electron chi connectivity index (χ1n) is 8.57. The quantitative estimate of drug-likeness (QED) is 0.882. The van der Waals surface area contributed by atoms with Crippen LogP contribution >= 0.6 is 0 Å². The van der Waals surface area contributed by atoms with Crippen molar-refractivity contribution in [2.45, 2.75) is 11.8 Å². The van der Waals surface area contributed by atoms with Gasteiger partial charge in [-0.3, -0.25) is 0 Å². The Morgan fingerprint density at radius 1 is 0.821 bits per heavy atom. The summed E-state index contributed by atoms with van der Waals surface area (Å²) in [5.74, 6) is 0.175. The van der Waals surface area contributed by atoms with Gasteiger partial charge in [0.15, 0.2) is 5.41 Å². The molecule has 0 spiro atoms. The first kappa shape index (κ1) is 18.8. The zero-order valence-electron chi connectivity index (χ0n) is 15.5. The predicted octanol–water partition coefficient (Wildman–Crippen LogP) is 3.35. The Bertz CT molecular complexity index is 1020. The monoisotopic (exact) mass is 370 g/mol. The Morgan fingerprint density at radius 2 is 1.29 bits per heavy atom. The number of nitrogens with two attached hydrogens (primary N) is 1. The molecule has 6 nitrogen and oxygen atoms in total. The molecule has 2 aromatic carbocycles. The summed E-state index contributed by atoms with van der Waals surface area (Å²) in [5.41, 5.74) is 6.37. The third-order valence-corrected chi connectivity index (χ3v) is 5.25. The third kappa shape index (κ3) is 2.71. The van der Waals surface area contributed by atoms with E-state index in [1.807, 2.05) is 12.1 Å². The summed E-state index contributed by atoms with van der Waals surface area (Å²) in [6.07, 6.45) is 0. The maximum atomic E-state index is 9.94. The zero-order valence-corrected chi connectivity index (χ0v) is 15.5. The van der Waals surface area contributed by atoms with Crippen LogP contribution in [-0.4, -0.2) is 14.2 Å². The van der Waals surface area contributed by atoms with Crippen molar-refractivity contribution in [1.29, 1.82) is 15.8 Å². The van der Waals surface area contributed by atoms with E-state index >= 15 is 0 Å². The van der Waals surface area contributed by atoms with E-state index in [9.17, 15) is 15.8 Å². The summed E-state index contributed by atoms with van der Waals surface area (Å²) in [7, 11) is 3.13. The lowest BCUT2D eigenvalue weighted by Crippen LogP contribution is -2.29. The van der Waals surface area contributed by atoms with Gasteiger partial charge in [0.2, 0.25) is 0 Å². The van der Waals surface area contributed by atoms with Gasteiger partial charge in [0.05, 0.1) is 43.7 Å². The molecule has 0 fully saturated rings. The van der Waals surface area contributed by atoms with Crippen molar-refractivity contribution in [2.75, 3.05) is 14.2 Å². The van der Waals surface area contributed by atoms with Gasteiger partial charge in [0, 0.05) is 11.8 Å². The van der Waals surface area contributed by atoms with Crippen molar-refractivity contribution < 1.29 is 9.47 Å². The molecule has 0 aliphatic heterocycles. The first-order valence-corrected chi connectivity index (χ1v) is 8.57. The number of benzene rings is 2. The normalized spacial score (nSPS) is 20.0. The van der Waals surface area contributed by atoms with Gasteiger partial charge >= 0.3 is 0 Å². The molecule has 0 aromatic heterocycles. The number of hydrogen-bond acceptors (Lipinski definition) is 6. The highest BCUT2D eigenvalue weighted by molar-refractivity contribution is 5.59. The van der Waals surface area contributed by atoms with E-state index in [0.717, 1.165) is 11.1 Å². The molecule has 138 valence electrons. The molecule has 3 rings (SSSR count). The average Bonchev–Trinajstić information content (AvgIpc) is 3.01. The van der Waals surface area contributed by atoms with Crippen molar-refractivity contribution in [3.05, 3.63) is 70.9 Å². The van der Waals surface area contributed by atoms with Gasteiger partial charge in [-0.05, 0) is 35.4 Å². The SMILES string of the molecule is COc1ccc([C@H]2C(C#N)=C(N)C(C#N)(C#N)[C@@H]2c2ccc(OC)cc2)cc1. The Morgan fingerprint density at radius 3 is 1.68 bits per heavy atom. The highest BCUT2D eigenvalue weighted by atomic mass is 16.5. The van der Waals surface area contributed by atoms with E-state index in [2.05, 4.69) is 18.2 Å². The Labute approximate surface area is 163 Å². The van der Waals surface area contributed by atoms with E-state index in [1.165, 1.54) is 0 Å². The Kier molecular flexibility index (Phi) is 4.94. The molecular weight excluding hydrogens is 352 g/mol. The summed E-state index contributed by atoms with van der Waals surface area (Å²) in [5, 5.41) is 29.7. The van der Waals surface area contributed by atoms with Gasteiger partial charge in [-0.2, -0.15) is 15.8 Å². The number of nitriles is 3. The van der Waals surface area contributed by atoms with Crippen molar-refractivity contribution in [2.24, 2.45) is 11.1 Å². The molecule has 0 radical (unpaired) electrons. The van der Waals surface area contributed by atoms with Gasteiger partial charge < -0.3 is 15.2 Å². The van der Waals surface area contributed by atoms with Crippen LogP contribution in [-0.2, 0) is 0 Å². The van der Waals surface area contributed by atoms with Crippen LogP contribution in [0.25, 0.3) is 0 Å². The molecule has 6 heteroatoms. The fraction of sp³-hybridized carbons (Fsp3) is 0.227. The van der Waals surface area contributed by atoms with E-state index in [4.69, 9.17) is 15.2 Å². The van der Waals surface area contributed by atoms with E-state index < -0.39 is 17.3 Å². The van der Waals surface area contributed by atoms with Gasteiger partial charge in [-0.15, -0.1) is 0 Å². The van der Waals surface area contributed by atoms with Crippen LogP contribution in [0.1, 0.15) is 23.0 Å². The smallest absolute Gasteiger partial charge is 0.191 e.